The zero-order valence-corrected chi connectivity index (χ0v) is 12.1. The quantitative estimate of drug-likeness (QED) is 0.786. The molecule has 1 saturated carbocycles. The fourth-order valence-corrected chi connectivity index (χ4v) is 3.59. The molecule has 0 spiro atoms. The van der Waals surface area contributed by atoms with Crippen molar-refractivity contribution < 1.29 is 5.11 Å². The molecule has 1 atom stereocenters. The van der Waals surface area contributed by atoms with E-state index < -0.39 is 0 Å². The SMILES string of the molecule is CCNCC1(CN2CCC(O)C2)CCC(C)CC1. The van der Waals surface area contributed by atoms with Gasteiger partial charge in [-0.15, -0.1) is 0 Å². The van der Waals surface area contributed by atoms with Gasteiger partial charge in [-0.1, -0.05) is 26.7 Å². The van der Waals surface area contributed by atoms with E-state index in [0.717, 1.165) is 38.5 Å². The standard InChI is InChI=1S/C15H30N2O/c1-3-16-11-15(7-4-13(2)5-8-15)12-17-9-6-14(18)10-17/h13-14,16,18H,3-12H2,1-2H3. The first-order chi connectivity index (χ1) is 8.63. The zero-order valence-electron chi connectivity index (χ0n) is 12.1. The Morgan fingerprint density at radius 3 is 2.56 bits per heavy atom. The molecule has 1 heterocycles. The smallest absolute Gasteiger partial charge is 0.0679 e. The normalized spacial score (nSPS) is 38.2. The van der Waals surface area contributed by atoms with Crippen molar-refractivity contribution in [2.24, 2.45) is 11.3 Å². The van der Waals surface area contributed by atoms with Crippen LogP contribution in [0.1, 0.15) is 46.0 Å². The maximum absolute atomic E-state index is 9.67. The number of hydrogen-bond acceptors (Lipinski definition) is 3. The highest BCUT2D eigenvalue weighted by Gasteiger charge is 2.36. The largest absolute Gasteiger partial charge is 0.392 e. The molecule has 0 amide bonds. The molecule has 2 rings (SSSR count). The van der Waals surface area contributed by atoms with Gasteiger partial charge in [0.15, 0.2) is 0 Å². The fraction of sp³-hybridized carbons (Fsp3) is 1.00. The van der Waals surface area contributed by atoms with E-state index in [9.17, 15) is 5.11 Å². The number of rotatable bonds is 5. The lowest BCUT2D eigenvalue weighted by Crippen LogP contribution is -2.45. The Labute approximate surface area is 112 Å². The third-order valence-electron chi connectivity index (χ3n) is 4.89. The second-order valence-electron chi connectivity index (χ2n) is 6.64. The van der Waals surface area contributed by atoms with Crippen molar-refractivity contribution in [1.82, 2.24) is 10.2 Å². The van der Waals surface area contributed by atoms with Crippen LogP contribution < -0.4 is 5.32 Å². The van der Waals surface area contributed by atoms with E-state index in [4.69, 9.17) is 0 Å². The van der Waals surface area contributed by atoms with Gasteiger partial charge in [0.05, 0.1) is 6.10 Å². The first kappa shape index (κ1) is 14.3. The van der Waals surface area contributed by atoms with E-state index in [1.165, 1.54) is 32.2 Å². The summed E-state index contributed by atoms with van der Waals surface area (Å²) in [5, 5.41) is 13.2. The molecule has 0 aromatic heterocycles. The van der Waals surface area contributed by atoms with Gasteiger partial charge in [-0.25, -0.2) is 0 Å². The van der Waals surface area contributed by atoms with Crippen molar-refractivity contribution in [2.45, 2.75) is 52.1 Å². The lowest BCUT2D eigenvalue weighted by Gasteiger charge is -2.42. The summed E-state index contributed by atoms with van der Waals surface area (Å²) in [5.74, 6) is 0.906. The summed E-state index contributed by atoms with van der Waals surface area (Å²) in [4.78, 5) is 2.48. The highest BCUT2D eigenvalue weighted by Crippen LogP contribution is 2.39. The minimum Gasteiger partial charge on any atom is -0.392 e. The van der Waals surface area contributed by atoms with Crippen LogP contribution in [0.25, 0.3) is 0 Å². The Balaban J connectivity index is 1.91. The van der Waals surface area contributed by atoms with Gasteiger partial charge in [0.1, 0.15) is 0 Å². The molecule has 2 fully saturated rings. The molecule has 2 N–H and O–H groups in total. The van der Waals surface area contributed by atoms with Crippen molar-refractivity contribution in [3.05, 3.63) is 0 Å². The minimum absolute atomic E-state index is 0.0799. The number of nitrogens with one attached hydrogen (secondary N) is 1. The van der Waals surface area contributed by atoms with Gasteiger partial charge < -0.3 is 15.3 Å². The second kappa shape index (κ2) is 6.36. The molecule has 1 saturated heterocycles. The van der Waals surface area contributed by atoms with Gasteiger partial charge in [-0.05, 0) is 37.1 Å². The zero-order chi connectivity index (χ0) is 13.0. The molecule has 0 aromatic rings. The molecule has 1 aliphatic carbocycles. The Bertz CT molecular complexity index is 243. The van der Waals surface area contributed by atoms with E-state index in [2.05, 4.69) is 24.1 Å². The highest BCUT2D eigenvalue weighted by atomic mass is 16.3. The Hall–Kier alpha value is -0.120. The first-order valence-corrected chi connectivity index (χ1v) is 7.75. The maximum Gasteiger partial charge on any atom is 0.0679 e. The molecule has 106 valence electrons. The molecule has 18 heavy (non-hydrogen) atoms. The summed E-state index contributed by atoms with van der Waals surface area (Å²) in [6.07, 6.45) is 6.35. The van der Waals surface area contributed by atoms with Crippen molar-refractivity contribution in [2.75, 3.05) is 32.7 Å². The van der Waals surface area contributed by atoms with Gasteiger partial charge in [-0.3, -0.25) is 0 Å². The molecule has 2 aliphatic rings. The van der Waals surface area contributed by atoms with Gasteiger partial charge >= 0.3 is 0 Å². The lowest BCUT2D eigenvalue weighted by molar-refractivity contribution is 0.0892. The van der Waals surface area contributed by atoms with Crippen LogP contribution in [0.15, 0.2) is 0 Å². The number of aliphatic hydroxyl groups is 1. The van der Waals surface area contributed by atoms with Crippen LogP contribution in [-0.4, -0.2) is 48.8 Å². The van der Waals surface area contributed by atoms with Crippen LogP contribution in [0.2, 0.25) is 0 Å². The molecule has 3 nitrogen and oxygen atoms in total. The molecule has 0 radical (unpaired) electrons. The Morgan fingerprint density at radius 1 is 1.28 bits per heavy atom. The summed E-state index contributed by atoms with van der Waals surface area (Å²) in [6, 6.07) is 0. The van der Waals surface area contributed by atoms with Crippen molar-refractivity contribution in [1.29, 1.82) is 0 Å². The minimum atomic E-state index is -0.0799. The predicted octanol–water partition coefficient (Wildman–Crippen LogP) is 1.86. The number of nitrogens with zero attached hydrogens (tertiary/aromatic N) is 1. The second-order valence-corrected chi connectivity index (χ2v) is 6.64. The van der Waals surface area contributed by atoms with Crippen LogP contribution in [0, 0.1) is 11.3 Å². The maximum atomic E-state index is 9.67. The molecular weight excluding hydrogens is 224 g/mol. The highest BCUT2D eigenvalue weighted by molar-refractivity contribution is 4.91. The topological polar surface area (TPSA) is 35.5 Å². The average molecular weight is 254 g/mol. The summed E-state index contributed by atoms with van der Waals surface area (Å²) in [5.41, 5.74) is 0.465. The van der Waals surface area contributed by atoms with Crippen LogP contribution >= 0.6 is 0 Å². The monoisotopic (exact) mass is 254 g/mol. The molecule has 3 heteroatoms. The predicted molar refractivity (Wildman–Crippen MR) is 75.7 cm³/mol. The summed E-state index contributed by atoms with van der Waals surface area (Å²) >= 11 is 0. The van der Waals surface area contributed by atoms with Crippen LogP contribution in [0.4, 0.5) is 0 Å². The van der Waals surface area contributed by atoms with Crippen molar-refractivity contribution >= 4 is 0 Å². The van der Waals surface area contributed by atoms with E-state index in [1.807, 2.05) is 0 Å². The van der Waals surface area contributed by atoms with Crippen LogP contribution in [-0.2, 0) is 0 Å². The molecule has 1 unspecified atom stereocenters. The van der Waals surface area contributed by atoms with Gasteiger partial charge in [0.25, 0.3) is 0 Å². The van der Waals surface area contributed by atoms with Crippen LogP contribution in [0.3, 0.4) is 0 Å². The van der Waals surface area contributed by atoms with E-state index >= 15 is 0 Å². The van der Waals surface area contributed by atoms with Crippen molar-refractivity contribution in [3.8, 4) is 0 Å². The summed E-state index contributed by atoms with van der Waals surface area (Å²) < 4.78 is 0. The van der Waals surface area contributed by atoms with Gasteiger partial charge in [0.2, 0.25) is 0 Å². The molecular formula is C15H30N2O. The van der Waals surface area contributed by atoms with E-state index in [0.29, 0.717) is 5.41 Å². The number of hydrogen-bond donors (Lipinski definition) is 2. The number of β-amino-alcohol motifs (C(OH)–C–C–N with tert-alkyl or cyclic N) is 1. The average Bonchev–Trinajstić information content (AvgIpc) is 2.76. The number of likely N-dealkylation sites (tertiary alicyclic amines) is 1. The van der Waals surface area contributed by atoms with Gasteiger partial charge in [0, 0.05) is 26.2 Å². The Morgan fingerprint density at radius 2 is 2.00 bits per heavy atom. The third-order valence-corrected chi connectivity index (χ3v) is 4.89. The van der Waals surface area contributed by atoms with E-state index in [1.54, 1.807) is 0 Å². The van der Waals surface area contributed by atoms with Gasteiger partial charge in [-0.2, -0.15) is 0 Å². The fourth-order valence-electron chi connectivity index (χ4n) is 3.59. The molecule has 0 aromatic carbocycles. The Kier molecular flexibility index (Phi) is 5.05. The van der Waals surface area contributed by atoms with E-state index in [-0.39, 0.29) is 6.10 Å². The van der Waals surface area contributed by atoms with Crippen LogP contribution in [0.5, 0.6) is 0 Å². The summed E-state index contributed by atoms with van der Waals surface area (Å²) in [7, 11) is 0. The first-order valence-electron chi connectivity index (χ1n) is 7.75. The third kappa shape index (κ3) is 3.69. The summed E-state index contributed by atoms with van der Waals surface area (Å²) in [6.45, 7) is 9.97. The molecule has 0 bridgehead atoms. The lowest BCUT2D eigenvalue weighted by atomic mass is 9.70. The molecule has 1 aliphatic heterocycles. The number of aliphatic hydroxyl groups excluding tert-OH is 1. The van der Waals surface area contributed by atoms with Crippen molar-refractivity contribution in [3.63, 3.8) is 0 Å².